The maximum Gasteiger partial charge on any atom is 0.0107 e. The number of hydrogen-bond donors (Lipinski definition) is 1. The van der Waals surface area contributed by atoms with Crippen LogP contribution in [0.4, 0.5) is 0 Å². The third-order valence-corrected chi connectivity index (χ3v) is 4.92. The van der Waals surface area contributed by atoms with Crippen LogP contribution in [0.1, 0.15) is 53.4 Å². The van der Waals surface area contributed by atoms with Gasteiger partial charge in [-0.05, 0) is 38.6 Å². The van der Waals surface area contributed by atoms with Crippen LogP contribution in [0, 0.1) is 11.8 Å². The Kier molecular flexibility index (Phi) is 6.50. The minimum atomic E-state index is 0.708. The number of rotatable bonds is 6. The summed E-state index contributed by atoms with van der Waals surface area (Å²) in [6.07, 6.45) is 5.45. The zero-order valence-electron chi connectivity index (χ0n) is 12.5. The fraction of sp³-hybridized carbons (Fsp3) is 1.00. The normalized spacial score (nSPS) is 31.8. The van der Waals surface area contributed by atoms with E-state index in [9.17, 15) is 0 Å². The molecule has 1 rings (SSSR count). The first-order valence-corrected chi connectivity index (χ1v) is 7.49. The number of nitrogens with zero attached hydrogens (tertiary/aromatic N) is 1. The highest BCUT2D eigenvalue weighted by molar-refractivity contribution is 4.82. The molecule has 4 unspecified atom stereocenters. The molecule has 0 spiro atoms. The molecule has 1 N–H and O–H groups in total. The lowest BCUT2D eigenvalue weighted by molar-refractivity contribution is 0.192. The first-order chi connectivity index (χ1) is 8.06. The van der Waals surface area contributed by atoms with Gasteiger partial charge in [-0.25, -0.2) is 0 Å². The van der Waals surface area contributed by atoms with Gasteiger partial charge in [0.15, 0.2) is 0 Å². The van der Waals surface area contributed by atoms with Crippen molar-refractivity contribution in [1.82, 2.24) is 10.2 Å². The smallest absolute Gasteiger partial charge is 0.0107 e. The van der Waals surface area contributed by atoms with Gasteiger partial charge in [0.1, 0.15) is 0 Å². The average molecular weight is 240 g/mol. The number of nitrogens with one attached hydrogen (secondary N) is 1. The van der Waals surface area contributed by atoms with Crippen molar-refractivity contribution < 1.29 is 0 Å². The molecule has 2 nitrogen and oxygen atoms in total. The highest BCUT2D eigenvalue weighted by Gasteiger charge is 2.26. The van der Waals surface area contributed by atoms with Gasteiger partial charge in [-0.15, -0.1) is 0 Å². The molecular weight excluding hydrogens is 208 g/mol. The van der Waals surface area contributed by atoms with Crippen LogP contribution in [0.3, 0.4) is 0 Å². The predicted molar refractivity (Wildman–Crippen MR) is 76.4 cm³/mol. The lowest BCUT2D eigenvalue weighted by Gasteiger charge is -2.35. The van der Waals surface area contributed by atoms with Gasteiger partial charge in [-0.1, -0.05) is 33.6 Å². The van der Waals surface area contributed by atoms with Crippen molar-refractivity contribution >= 4 is 0 Å². The van der Waals surface area contributed by atoms with Crippen LogP contribution in [0.5, 0.6) is 0 Å². The average Bonchev–Trinajstić information content (AvgIpc) is 2.33. The molecule has 4 atom stereocenters. The molecule has 0 aliphatic heterocycles. The summed E-state index contributed by atoms with van der Waals surface area (Å²) in [7, 11) is 2.24. The summed E-state index contributed by atoms with van der Waals surface area (Å²) in [5.41, 5.74) is 0. The molecule has 0 aromatic heterocycles. The zero-order valence-corrected chi connectivity index (χ0v) is 12.5. The molecule has 1 aliphatic carbocycles. The van der Waals surface area contributed by atoms with Crippen LogP contribution in [0.25, 0.3) is 0 Å². The Balaban J connectivity index is 2.21. The van der Waals surface area contributed by atoms with Gasteiger partial charge < -0.3 is 10.2 Å². The molecule has 0 heterocycles. The van der Waals surface area contributed by atoms with Gasteiger partial charge in [0, 0.05) is 25.2 Å². The summed E-state index contributed by atoms with van der Waals surface area (Å²) < 4.78 is 0. The van der Waals surface area contributed by atoms with E-state index in [-0.39, 0.29) is 0 Å². The quantitative estimate of drug-likeness (QED) is 0.767. The monoisotopic (exact) mass is 240 g/mol. The Bertz CT molecular complexity index is 205. The molecule has 2 heteroatoms. The Morgan fingerprint density at radius 1 is 1.29 bits per heavy atom. The maximum atomic E-state index is 3.77. The van der Waals surface area contributed by atoms with Crippen LogP contribution < -0.4 is 5.32 Å². The summed E-state index contributed by atoms with van der Waals surface area (Å²) in [6, 6.07) is 1.46. The predicted octanol–water partition coefficient (Wildman–Crippen LogP) is 3.13. The zero-order chi connectivity index (χ0) is 12.8. The largest absolute Gasteiger partial charge is 0.312 e. The van der Waals surface area contributed by atoms with Gasteiger partial charge in [-0.2, -0.15) is 0 Å². The highest BCUT2D eigenvalue weighted by Crippen LogP contribution is 2.29. The third-order valence-electron chi connectivity index (χ3n) is 4.92. The second-order valence-corrected chi connectivity index (χ2v) is 6.07. The van der Waals surface area contributed by atoms with Gasteiger partial charge in [0.05, 0.1) is 0 Å². The molecule has 0 saturated heterocycles. The van der Waals surface area contributed by atoms with Crippen LogP contribution >= 0.6 is 0 Å². The summed E-state index contributed by atoms with van der Waals surface area (Å²) >= 11 is 0. The van der Waals surface area contributed by atoms with Gasteiger partial charge >= 0.3 is 0 Å². The number of hydrogen-bond acceptors (Lipinski definition) is 2. The van der Waals surface area contributed by atoms with Crippen molar-refractivity contribution in [2.75, 3.05) is 20.1 Å². The molecular formula is C15H32N2. The molecule has 0 radical (unpaired) electrons. The Hall–Kier alpha value is -0.0800. The van der Waals surface area contributed by atoms with Crippen molar-refractivity contribution in [3.05, 3.63) is 0 Å². The molecule has 17 heavy (non-hydrogen) atoms. The molecule has 1 saturated carbocycles. The Labute approximate surface area is 108 Å². The van der Waals surface area contributed by atoms with Crippen LogP contribution in [-0.4, -0.2) is 37.1 Å². The lowest BCUT2D eigenvalue weighted by atomic mass is 9.78. The van der Waals surface area contributed by atoms with Gasteiger partial charge in [0.25, 0.3) is 0 Å². The van der Waals surface area contributed by atoms with Crippen molar-refractivity contribution in [2.45, 2.75) is 65.5 Å². The van der Waals surface area contributed by atoms with Crippen molar-refractivity contribution in [1.29, 1.82) is 0 Å². The molecule has 1 fully saturated rings. The minimum absolute atomic E-state index is 0.708. The number of likely N-dealkylation sites (N-methyl/N-ethyl adjacent to an activating group) is 1. The molecule has 0 aromatic carbocycles. The fourth-order valence-electron chi connectivity index (χ4n) is 2.83. The summed E-state index contributed by atoms with van der Waals surface area (Å²) in [5.74, 6) is 1.74. The summed E-state index contributed by atoms with van der Waals surface area (Å²) in [5, 5.41) is 3.77. The van der Waals surface area contributed by atoms with Gasteiger partial charge in [0.2, 0.25) is 0 Å². The van der Waals surface area contributed by atoms with E-state index in [0.717, 1.165) is 24.4 Å². The standard InChI is InChI=1S/C15H32N2/c1-6-13(3)17(5)11-10-16-15-9-7-8-12(2)14(15)4/h12-16H,6-11H2,1-5H3. The van der Waals surface area contributed by atoms with Crippen LogP contribution in [0.2, 0.25) is 0 Å². The Morgan fingerprint density at radius 2 is 2.00 bits per heavy atom. The van der Waals surface area contributed by atoms with Gasteiger partial charge in [-0.3, -0.25) is 0 Å². The fourth-order valence-corrected chi connectivity index (χ4v) is 2.83. The maximum absolute atomic E-state index is 3.77. The summed E-state index contributed by atoms with van der Waals surface area (Å²) in [6.45, 7) is 11.7. The summed E-state index contributed by atoms with van der Waals surface area (Å²) in [4.78, 5) is 2.46. The Morgan fingerprint density at radius 3 is 2.65 bits per heavy atom. The van der Waals surface area contributed by atoms with Crippen molar-refractivity contribution in [2.24, 2.45) is 11.8 Å². The first kappa shape index (κ1) is 15.0. The van der Waals surface area contributed by atoms with E-state index in [0.29, 0.717) is 6.04 Å². The van der Waals surface area contributed by atoms with E-state index in [4.69, 9.17) is 0 Å². The molecule has 0 amide bonds. The SMILES string of the molecule is CCC(C)N(C)CCNC1CCCC(C)C1C. The van der Waals surface area contributed by atoms with E-state index < -0.39 is 0 Å². The van der Waals surface area contributed by atoms with E-state index in [1.54, 1.807) is 0 Å². The molecule has 102 valence electrons. The topological polar surface area (TPSA) is 15.3 Å². The second-order valence-electron chi connectivity index (χ2n) is 6.07. The third kappa shape index (κ3) is 4.59. The lowest BCUT2D eigenvalue weighted by Crippen LogP contribution is -2.44. The first-order valence-electron chi connectivity index (χ1n) is 7.49. The van der Waals surface area contributed by atoms with E-state index >= 15 is 0 Å². The molecule has 0 bridgehead atoms. The van der Waals surface area contributed by atoms with E-state index in [1.807, 2.05) is 0 Å². The van der Waals surface area contributed by atoms with E-state index in [2.05, 4.69) is 45.0 Å². The van der Waals surface area contributed by atoms with Crippen LogP contribution in [-0.2, 0) is 0 Å². The van der Waals surface area contributed by atoms with Crippen molar-refractivity contribution in [3.63, 3.8) is 0 Å². The van der Waals surface area contributed by atoms with E-state index in [1.165, 1.54) is 32.2 Å². The minimum Gasteiger partial charge on any atom is -0.312 e. The second kappa shape index (κ2) is 7.38. The highest BCUT2D eigenvalue weighted by atomic mass is 15.1. The van der Waals surface area contributed by atoms with Crippen LogP contribution in [0.15, 0.2) is 0 Å². The molecule has 0 aromatic rings. The van der Waals surface area contributed by atoms with Crippen molar-refractivity contribution in [3.8, 4) is 0 Å². The molecule has 1 aliphatic rings.